The molecule has 0 spiro atoms. The van der Waals surface area contributed by atoms with Crippen LogP contribution in [0.15, 0.2) is 0 Å². The number of hydrogen-bond donors (Lipinski definition) is 2. The van der Waals surface area contributed by atoms with E-state index >= 15 is 0 Å². The Hall–Kier alpha value is -0.120. The van der Waals surface area contributed by atoms with Crippen molar-refractivity contribution < 1.29 is 5.11 Å². The Kier molecular flexibility index (Phi) is 7.01. The average Bonchev–Trinajstić information content (AvgIpc) is 2.32. The van der Waals surface area contributed by atoms with Crippen LogP contribution < -0.4 is 5.32 Å². The van der Waals surface area contributed by atoms with Crippen molar-refractivity contribution in [3.63, 3.8) is 0 Å². The first-order chi connectivity index (χ1) is 7.81. The lowest BCUT2D eigenvalue weighted by molar-refractivity contribution is 0.116. The fourth-order valence-corrected chi connectivity index (χ4v) is 2.77. The zero-order valence-corrected chi connectivity index (χ0v) is 10.9. The standard InChI is InChI=1S/C13H28N2O/c1-3-13(4-2)15(8-9-16)11-12-6-5-7-14-10-12/h12-14,16H,3-11H2,1-2H3. The lowest BCUT2D eigenvalue weighted by atomic mass is 9.97. The molecule has 0 amide bonds. The predicted octanol–water partition coefficient (Wildman–Crippen LogP) is 1.47. The second-order valence-corrected chi connectivity index (χ2v) is 4.90. The van der Waals surface area contributed by atoms with E-state index in [-0.39, 0.29) is 6.61 Å². The summed E-state index contributed by atoms with van der Waals surface area (Å²) in [5.74, 6) is 0.779. The number of hydrogen-bond acceptors (Lipinski definition) is 3. The Balaban J connectivity index is 2.41. The van der Waals surface area contributed by atoms with Crippen molar-refractivity contribution in [2.75, 3.05) is 32.8 Å². The van der Waals surface area contributed by atoms with Crippen molar-refractivity contribution >= 4 is 0 Å². The van der Waals surface area contributed by atoms with Gasteiger partial charge >= 0.3 is 0 Å². The minimum Gasteiger partial charge on any atom is -0.395 e. The van der Waals surface area contributed by atoms with E-state index in [0.717, 1.165) is 25.6 Å². The van der Waals surface area contributed by atoms with Crippen molar-refractivity contribution in [1.82, 2.24) is 10.2 Å². The van der Waals surface area contributed by atoms with E-state index in [0.29, 0.717) is 6.04 Å². The van der Waals surface area contributed by atoms with Crippen molar-refractivity contribution in [2.24, 2.45) is 5.92 Å². The highest BCUT2D eigenvalue weighted by Crippen LogP contribution is 2.16. The fraction of sp³-hybridized carbons (Fsp3) is 1.00. The molecular weight excluding hydrogens is 200 g/mol. The van der Waals surface area contributed by atoms with Crippen LogP contribution in [0.3, 0.4) is 0 Å². The van der Waals surface area contributed by atoms with Gasteiger partial charge in [-0.05, 0) is 44.7 Å². The van der Waals surface area contributed by atoms with Crippen molar-refractivity contribution in [3.05, 3.63) is 0 Å². The SMILES string of the molecule is CCC(CC)N(CCO)CC1CCCNC1. The van der Waals surface area contributed by atoms with Crippen LogP contribution in [0.2, 0.25) is 0 Å². The highest BCUT2D eigenvalue weighted by Gasteiger charge is 2.20. The highest BCUT2D eigenvalue weighted by molar-refractivity contribution is 4.76. The maximum Gasteiger partial charge on any atom is 0.0558 e. The van der Waals surface area contributed by atoms with E-state index in [1.54, 1.807) is 0 Å². The van der Waals surface area contributed by atoms with Gasteiger partial charge in [-0.3, -0.25) is 4.90 Å². The first-order valence-electron chi connectivity index (χ1n) is 6.87. The molecule has 0 saturated carbocycles. The van der Waals surface area contributed by atoms with Gasteiger partial charge in [-0.2, -0.15) is 0 Å². The second kappa shape index (κ2) is 8.04. The van der Waals surface area contributed by atoms with E-state index in [1.165, 1.54) is 32.2 Å². The van der Waals surface area contributed by atoms with E-state index in [2.05, 4.69) is 24.1 Å². The van der Waals surface area contributed by atoms with E-state index in [1.807, 2.05) is 0 Å². The summed E-state index contributed by atoms with van der Waals surface area (Å²) in [6.45, 7) is 9.11. The van der Waals surface area contributed by atoms with Gasteiger partial charge < -0.3 is 10.4 Å². The van der Waals surface area contributed by atoms with Crippen LogP contribution in [-0.4, -0.2) is 48.8 Å². The van der Waals surface area contributed by atoms with Gasteiger partial charge in [-0.25, -0.2) is 0 Å². The molecule has 1 atom stereocenters. The Labute approximate surface area is 100 Å². The molecule has 2 N–H and O–H groups in total. The lowest BCUT2D eigenvalue weighted by Crippen LogP contribution is -2.43. The average molecular weight is 228 g/mol. The first-order valence-corrected chi connectivity index (χ1v) is 6.87. The minimum atomic E-state index is 0.288. The summed E-state index contributed by atoms with van der Waals surface area (Å²) in [5.41, 5.74) is 0. The van der Waals surface area contributed by atoms with Crippen molar-refractivity contribution in [1.29, 1.82) is 0 Å². The quantitative estimate of drug-likeness (QED) is 0.692. The summed E-state index contributed by atoms with van der Waals surface area (Å²) < 4.78 is 0. The molecule has 0 aromatic rings. The zero-order valence-electron chi connectivity index (χ0n) is 10.9. The molecule has 3 heteroatoms. The zero-order chi connectivity index (χ0) is 11.8. The first kappa shape index (κ1) is 13.9. The Morgan fingerprint density at radius 3 is 2.62 bits per heavy atom. The summed E-state index contributed by atoms with van der Waals surface area (Å²) in [6, 6.07) is 0.647. The van der Waals surface area contributed by atoms with Gasteiger partial charge in [-0.1, -0.05) is 13.8 Å². The highest BCUT2D eigenvalue weighted by atomic mass is 16.3. The molecule has 16 heavy (non-hydrogen) atoms. The summed E-state index contributed by atoms with van der Waals surface area (Å²) in [7, 11) is 0. The van der Waals surface area contributed by atoms with E-state index < -0.39 is 0 Å². The van der Waals surface area contributed by atoms with Gasteiger partial charge in [0.15, 0.2) is 0 Å². The van der Waals surface area contributed by atoms with Crippen molar-refractivity contribution in [3.8, 4) is 0 Å². The fourth-order valence-electron chi connectivity index (χ4n) is 2.77. The van der Waals surface area contributed by atoms with Gasteiger partial charge in [-0.15, -0.1) is 0 Å². The number of nitrogens with zero attached hydrogens (tertiary/aromatic N) is 1. The topological polar surface area (TPSA) is 35.5 Å². The number of aliphatic hydroxyl groups excluding tert-OH is 1. The number of piperidine rings is 1. The molecule has 1 heterocycles. The van der Waals surface area contributed by atoms with Crippen LogP contribution >= 0.6 is 0 Å². The smallest absolute Gasteiger partial charge is 0.0558 e. The maximum absolute atomic E-state index is 9.15. The number of nitrogens with one attached hydrogen (secondary N) is 1. The Bertz CT molecular complexity index is 165. The molecule has 1 fully saturated rings. The molecule has 96 valence electrons. The van der Waals surface area contributed by atoms with Crippen LogP contribution in [-0.2, 0) is 0 Å². The van der Waals surface area contributed by atoms with Crippen LogP contribution in [0.5, 0.6) is 0 Å². The molecule has 0 aliphatic carbocycles. The van der Waals surface area contributed by atoms with Gasteiger partial charge in [0.1, 0.15) is 0 Å². The van der Waals surface area contributed by atoms with Gasteiger partial charge in [0.2, 0.25) is 0 Å². The van der Waals surface area contributed by atoms with E-state index in [9.17, 15) is 0 Å². The molecule has 0 radical (unpaired) electrons. The van der Waals surface area contributed by atoms with Crippen LogP contribution in [0.4, 0.5) is 0 Å². The second-order valence-electron chi connectivity index (χ2n) is 4.90. The number of aliphatic hydroxyl groups is 1. The molecule has 1 unspecified atom stereocenters. The maximum atomic E-state index is 9.15. The minimum absolute atomic E-state index is 0.288. The molecule has 3 nitrogen and oxygen atoms in total. The number of rotatable bonds is 7. The molecule has 1 aliphatic heterocycles. The normalized spacial score (nSPS) is 21.9. The van der Waals surface area contributed by atoms with Crippen LogP contribution in [0.1, 0.15) is 39.5 Å². The molecule has 0 bridgehead atoms. The molecule has 0 aromatic carbocycles. The molecule has 0 aromatic heterocycles. The third-order valence-corrected chi connectivity index (χ3v) is 3.74. The Morgan fingerprint density at radius 1 is 1.38 bits per heavy atom. The third kappa shape index (κ3) is 4.40. The van der Waals surface area contributed by atoms with Gasteiger partial charge in [0.25, 0.3) is 0 Å². The predicted molar refractivity (Wildman–Crippen MR) is 68.6 cm³/mol. The summed E-state index contributed by atoms with van der Waals surface area (Å²) >= 11 is 0. The third-order valence-electron chi connectivity index (χ3n) is 3.74. The van der Waals surface area contributed by atoms with Crippen LogP contribution in [0.25, 0.3) is 0 Å². The largest absolute Gasteiger partial charge is 0.395 e. The lowest BCUT2D eigenvalue weighted by Gasteiger charge is -2.34. The van der Waals surface area contributed by atoms with E-state index in [4.69, 9.17) is 5.11 Å². The summed E-state index contributed by atoms with van der Waals surface area (Å²) in [5, 5.41) is 12.6. The summed E-state index contributed by atoms with van der Waals surface area (Å²) in [4.78, 5) is 2.48. The summed E-state index contributed by atoms with van der Waals surface area (Å²) in [6.07, 6.45) is 5.03. The molecule has 1 aliphatic rings. The van der Waals surface area contributed by atoms with Crippen LogP contribution in [0, 0.1) is 5.92 Å². The van der Waals surface area contributed by atoms with Gasteiger partial charge in [0, 0.05) is 19.1 Å². The monoisotopic (exact) mass is 228 g/mol. The van der Waals surface area contributed by atoms with Crippen molar-refractivity contribution in [2.45, 2.75) is 45.6 Å². The Morgan fingerprint density at radius 2 is 2.12 bits per heavy atom. The van der Waals surface area contributed by atoms with Gasteiger partial charge in [0.05, 0.1) is 6.61 Å². The molecular formula is C13H28N2O. The molecule has 1 saturated heterocycles. The molecule has 1 rings (SSSR count).